The Hall–Kier alpha value is -3.56. The van der Waals surface area contributed by atoms with Crippen LogP contribution in [-0.4, -0.2) is 15.1 Å². The molecule has 0 heterocycles. The third-order valence-corrected chi connectivity index (χ3v) is 2.26. The summed E-state index contributed by atoms with van der Waals surface area (Å²) in [4.78, 5) is 19.6. The summed E-state index contributed by atoms with van der Waals surface area (Å²) in [6.45, 7) is 0. The predicted molar refractivity (Wildman–Crippen MR) is 79.4 cm³/mol. The number of phenolic OH excluding ortho intramolecular Hbond substituents is 1. The summed E-state index contributed by atoms with van der Waals surface area (Å²) in [6.07, 6.45) is 0. The van der Waals surface area contributed by atoms with E-state index in [-0.39, 0.29) is 11.4 Å². The highest BCUT2D eigenvalue weighted by atomic mass is 16.7. The Balaban J connectivity index is 0.000000255. The molecule has 0 amide bonds. The van der Waals surface area contributed by atoms with Gasteiger partial charge in [0.25, 0.3) is 5.69 Å². The van der Waals surface area contributed by atoms with Crippen LogP contribution in [0.15, 0.2) is 48.5 Å². The lowest BCUT2D eigenvalue weighted by Crippen LogP contribution is -2.27. The van der Waals surface area contributed by atoms with Gasteiger partial charge in [-0.15, -0.1) is 0 Å². The fraction of sp³-hybridized carbons (Fsp3) is 0. The highest BCUT2D eigenvalue weighted by molar-refractivity contribution is 5.47. The number of nitrogens with zero attached hydrogens (tertiary/aromatic N) is 2. The predicted octanol–water partition coefficient (Wildman–Crippen LogP) is 1.68. The number of nitrogen functional groups attached to an aromatic ring is 1. The number of hydrazine groups is 2. The van der Waals surface area contributed by atoms with E-state index in [0.29, 0.717) is 11.4 Å². The van der Waals surface area contributed by atoms with Gasteiger partial charge in [0.1, 0.15) is 5.75 Å². The molecule has 0 bridgehead atoms. The Morgan fingerprint density at radius 1 is 0.955 bits per heavy atom. The minimum Gasteiger partial charge on any atom is -0.508 e. The third kappa shape index (κ3) is 6.06. The summed E-state index contributed by atoms with van der Waals surface area (Å²) in [5.74, 6) is 0.249. The molecule has 0 saturated carbocycles. The fourth-order valence-electron chi connectivity index (χ4n) is 1.25. The van der Waals surface area contributed by atoms with Crippen molar-refractivity contribution in [1.82, 2.24) is 5.53 Å². The molecule has 22 heavy (non-hydrogen) atoms. The first-order chi connectivity index (χ1) is 10.4. The number of nitrogens with one attached hydrogen (secondary N) is 2. The zero-order valence-electron chi connectivity index (χ0n) is 11.2. The third-order valence-electron chi connectivity index (χ3n) is 2.26. The molecule has 0 aliphatic rings. The maximum atomic E-state index is 10.2. The van der Waals surface area contributed by atoms with Crippen molar-refractivity contribution in [1.29, 1.82) is 0 Å². The number of nitro benzene ring substituents is 1. The zero-order chi connectivity index (χ0) is 16.5. The van der Waals surface area contributed by atoms with Crippen LogP contribution in [0.25, 0.3) is 0 Å². The fourth-order valence-corrected chi connectivity index (χ4v) is 1.25. The molecular weight excluding hydrogens is 294 g/mol. The number of hydrogen-bond acceptors (Lipinski definition) is 7. The maximum absolute atomic E-state index is 10.2. The second-order valence-electron chi connectivity index (χ2n) is 3.89. The van der Waals surface area contributed by atoms with Crippen molar-refractivity contribution in [2.24, 2.45) is 0 Å². The van der Waals surface area contributed by atoms with Crippen LogP contribution in [-0.2, 0) is 0 Å². The van der Waals surface area contributed by atoms with Crippen molar-refractivity contribution in [3.63, 3.8) is 0 Å². The molecule has 0 aliphatic carbocycles. The van der Waals surface area contributed by atoms with E-state index in [4.69, 9.17) is 10.8 Å². The molecule has 0 atom stereocenters. The van der Waals surface area contributed by atoms with E-state index in [1.165, 1.54) is 24.3 Å². The molecule has 0 saturated heterocycles. The minimum atomic E-state index is -0.776. The summed E-state index contributed by atoms with van der Waals surface area (Å²) < 4.78 is 0. The van der Waals surface area contributed by atoms with Gasteiger partial charge in [0.2, 0.25) is 0 Å². The van der Waals surface area contributed by atoms with Crippen molar-refractivity contribution in [3.05, 3.63) is 68.8 Å². The highest BCUT2D eigenvalue weighted by Gasteiger charge is 2.03. The molecule has 5 N–H and O–H groups in total. The quantitative estimate of drug-likeness (QED) is 0.287. The van der Waals surface area contributed by atoms with Gasteiger partial charge < -0.3 is 10.8 Å². The molecule has 10 nitrogen and oxygen atoms in total. The second kappa shape index (κ2) is 7.89. The number of non-ortho nitro benzene ring substituents is 1. The molecule has 116 valence electrons. The summed E-state index contributed by atoms with van der Waals surface area (Å²) in [5, 5.41) is 28.0. The van der Waals surface area contributed by atoms with E-state index < -0.39 is 9.96 Å². The van der Waals surface area contributed by atoms with E-state index in [1.807, 2.05) is 0 Å². The first-order valence-electron chi connectivity index (χ1n) is 5.83. The molecule has 0 radical (unpaired) electrons. The lowest BCUT2D eigenvalue weighted by molar-refractivity contribution is -0.538. The van der Waals surface area contributed by atoms with Crippen LogP contribution in [0.5, 0.6) is 5.75 Å². The molecular formula is C12H13N5O5. The Bertz CT molecular complexity index is 608. The average molecular weight is 307 g/mol. The molecule has 2 aromatic rings. The molecule has 10 heteroatoms. The number of anilines is 2. The molecule has 0 spiro atoms. The molecule has 0 aromatic heterocycles. The zero-order valence-corrected chi connectivity index (χ0v) is 11.2. The number of rotatable bonds is 4. The molecule has 0 aliphatic heterocycles. The average Bonchev–Trinajstić information content (AvgIpc) is 2.49. The van der Waals surface area contributed by atoms with Gasteiger partial charge in [0.15, 0.2) is 5.03 Å². The first kappa shape index (κ1) is 16.5. The van der Waals surface area contributed by atoms with E-state index in [1.54, 1.807) is 29.8 Å². The highest BCUT2D eigenvalue weighted by Crippen LogP contribution is 2.14. The molecule has 0 unspecified atom stereocenters. The normalized spacial score (nSPS) is 9.09. The van der Waals surface area contributed by atoms with Gasteiger partial charge >= 0.3 is 0 Å². The molecule has 2 rings (SSSR count). The van der Waals surface area contributed by atoms with Crippen LogP contribution < -0.4 is 16.7 Å². The summed E-state index contributed by atoms with van der Waals surface area (Å²) in [5.41, 5.74) is 10.2. The lowest BCUT2D eigenvalue weighted by Gasteiger charge is -2.00. The van der Waals surface area contributed by atoms with E-state index in [2.05, 4.69) is 5.43 Å². The van der Waals surface area contributed by atoms with Gasteiger partial charge in [-0.1, -0.05) is 0 Å². The van der Waals surface area contributed by atoms with Crippen molar-refractivity contribution < 1.29 is 15.1 Å². The summed E-state index contributed by atoms with van der Waals surface area (Å²) >= 11 is 0. The summed E-state index contributed by atoms with van der Waals surface area (Å²) in [7, 11) is 0. The van der Waals surface area contributed by atoms with Gasteiger partial charge in [0.05, 0.1) is 10.6 Å². The Morgan fingerprint density at radius 3 is 1.91 bits per heavy atom. The number of aromatic hydroxyl groups is 1. The van der Waals surface area contributed by atoms with E-state index >= 15 is 0 Å². The number of benzene rings is 2. The Kier molecular flexibility index (Phi) is 5.92. The molecule has 2 aromatic carbocycles. The van der Waals surface area contributed by atoms with Crippen LogP contribution in [0, 0.1) is 20.2 Å². The lowest BCUT2D eigenvalue weighted by atomic mass is 10.3. The van der Waals surface area contributed by atoms with E-state index in [0.717, 1.165) is 0 Å². The monoisotopic (exact) mass is 307 g/mol. The Labute approximate surface area is 124 Å². The van der Waals surface area contributed by atoms with Gasteiger partial charge in [-0.2, -0.15) is 0 Å². The first-order valence-corrected chi connectivity index (χ1v) is 5.83. The summed E-state index contributed by atoms with van der Waals surface area (Å²) in [6, 6.07) is 11.6. The van der Waals surface area contributed by atoms with Gasteiger partial charge in [0, 0.05) is 17.8 Å². The van der Waals surface area contributed by atoms with Crippen molar-refractivity contribution in [3.8, 4) is 5.75 Å². The van der Waals surface area contributed by atoms with Crippen molar-refractivity contribution in [2.75, 3.05) is 11.2 Å². The largest absolute Gasteiger partial charge is 0.508 e. The number of nitrogens with two attached hydrogens (primary N) is 1. The van der Waals surface area contributed by atoms with Crippen LogP contribution in [0.1, 0.15) is 0 Å². The van der Waals surface area contributed by atoms with Gasteiger partial charge in [-0.05, 0) is 41.9 Å². The Morgan fingerprint density at radius 2 is 1.50 bits per heavy atom. The van der Waals surface area contributed by atoms with Crippen LogP contribution >= 0.6 is 0 Å². The van der Waals surface area contributed by atoms with Gasteiger partial charge in [-0.25, -0.2) is 15.5 Å². The minimum absolute atomic E-state index is 0.0725. The van der Waals surface area contributed by atoms with Crippen LogP contribution in [0.3, 0.4) is 0 Å². The van der Waals surface area contributed by atoms with Crippen LogP contribution in [0.2, 0.25) is 0 Å². The molecule has 0 fully saturated rings. The van der Waals surface area contributed by atoms with Crippen molar-refractivity contribution >= 4 is 17.1 Å². The van der Waals surface area contributed by atoms with Crippen molar-refractivity contribution in [2.45, 2.75) is 0 Å². The topological polar surface area (TPSA) is 157 Å². The number of nitro groups is 2. The van der Waals surface area contributed by atoms with E-state index in [9.17, 15) is 20.2 Å². The maximum Gasteiger partial charge on any atom is 0.269 e. The van der Waals surface area contributed by atoms with Crippen LogP contribution in [0.4, 0.5) is 17.1 Å². The number of phenols is 1. The SMILES string of the molecule is Nc1ccc(O)cc1.O=[N+]([O-])NNc1ccc([N+](=O)[O-])cc1. The number of hydrogen-bond donors (Lipinski definition) is 4. The van der Waals surface area contributed by atoms with Gasteiger partial charge in [-0.3, -0.25) is 10.1 Å². The second-order valence-corrected chi connectivity index (χ2v) is 3.89. The smallest absolute Gasteiger partial charge is 0.269 e. The standard InChI is InChI=1S/C6H6N4O4.C6H7NO/c11-9(12)6-3-1-5(2-4-6)7-8-10(13)14;7-5-1-3-6(8)4-2-5/h1-4,7-8H;1-4,8H,7H2.